The fourth-order valence-corrected chi connectivity index (χ4v) is 2.68. The molecule has 116 valence electrons. The summed E-state index contributed by atoms with van der Waals surface area (Å²) in [6.07, 6.45) is 4.93. The van der Waals surface area contributed by atoms with Crippen LogP contribution in [0.25, 0.3) is 0 Å². The van der Waals surface area contributed by atoms with Crippen LogP contribution in [0.4, 0.5) is 5.69 Å². The van der Waals surface area contributed by atoms with Crippen LogP contribution in [0, 0.1) is 0 Å². The molecule has 0 radical (unpaired) electrons. The first-order chi connectivity index (χ1) is 10.7. The summed E-state index contributed by atoms with van der Waals surface area (Å²) in [5, 5.41) is 6.97. The lowest BCUT2D eigenvalue weighted by atomic mass is 10.0. The Morgan fingerprint density at radius 3 is 3.09 bits per heavy atom. The first-order valence-electron chi connectivity index (χ1n) is 7.86. The summed E-state index contributed by atoms with van der Waals surface area (Å²) >= 11 is 0. The number of hydrogen-bond donors (Lipinski definition) is 2. The topological polar surface area (TPSA) is 46.2 Å². The molecule has 22 heavy (non-hydrogen) atoms. The number of benzene rings is 1. The molecule has 4 heteroatoms. The minimum Gasteiger partial charge on any atom is -0.487 e. The average molecular weight is 297 g/mol. The van der Waals surface area contributed by atoms with Gasteiger partial charge in [-0.05, 0) is 49.6 Å². The van der Waals surface area contributed by atoms with Crippen LogP contribution < -0.4 is 15.4 Å². The number of fused-ring (bicyclic) bond motifs is 1. The van der Waals surface area contributed by atoms with E-state index in [4.69, 9.17) is 4.74 Å². The monoisotopic (exact) mass is 297 g/mol. The third-order valence-corrected chi connectivity index (χ3v) is 3.87. The smallest absolute Gasteiger partial charge is 0.142 e. The third kappa shape index (κ3) is 3.77. The standard InChI is InChI=1S/C18H23N3O/c1-13(20-12-16-4-3-7-19-11-16)8-15-5-6-18-17(9-15)21-10-14(2)22-18/h3-7,9,11,13-14,20-21H,8,10,12H2,1-2H3. The summed E-state index contributed by atoms with van der Waals surface area (Å²) in [4.78, 5) is 4.14. The maximum absolute atomic E-state index is 5.81. The van der Waals surface area contributed by atoms with Crippen molar-refractivity contribution in [1.82, 2.24) is 10.3 Å². The highest BCUT2D eigenvalue weighted by molar-refractivity contribution is 5.59. The van der Waals surface area contributed by atoms with Gasteiger partial charge in [-0.3, -0.25) is 4.98 Å². The molecule has 0 aliphatic carbocycles. The molecule has 0 spiro atoms. The normalized spacial score (nSPS) is 18.0. The van der Waals surface area contributed by atoms with Crippen molar-refractivity contribution in [2.45, 2.75) is 39.0 Å². The SMILES string of the molecule is CC(Cc1ccc2c(c1)NCC(C)O2)NCc1cccnc1. The van der Waals surface area contributed by atoms with Crippen LogP contribution >= 0.6 is 0 Å². The maximum Gasteiger partial charge on any atom is 0.142 e. The fraction of sp³-hybridized carbons (Fsp3) is 0.389. The molecule has 0 saturated heterocycles. The molecule has 2 N–H and O–H groups in total. The lowest BCUT2D eigenvalue weighted by Crippen LogP contribution is -2.29. The second-order valence-electron chi connectivity index (χ2n) is 5.99. The van der Waals surface area contributed by atoms with Crippen molar-refractivity contribution in [1.29, 1.82) is 0 Å². The molecule has 2 unspecified atom stereocenters. The number of anilines is 1. The number of nitrogens with zero attached hydrogens (tertiary/aromatic N) is 1. The van der Waals surface area contributed by atoms with E-state index >= 15 is 0 Å². The Bertz CT molecular complexity index is 615. The summed E-state index contributed by atoms with van der Waals surface area (Å²) in [7, 11) is 0. The van der Waals surface area contributed by atoms with Crippen molar-refractivity contribution < 1.29 is 4.74 Å². The van der Waals surface area contributed by atoms with Crippen LogP contribution in [0.5, 0.6) is 5.75 Å². The van der Waals surface area contributed by atoms with Crippen LogP contribution in [-0.4, -0.2) is 23.7 Å². The molecule has 0 bridgehead atoms. The zero-order valence-corrected chi connectivity index (χ0v) is 13.2. The van der Waals surface area contributed by atoms with Crippen LogP contribution in [0.3, 0.4) is 0 Å². The van der Waals surface area contributed by atoms with Crippen molar-refractivity contribution >= 4 is 5.69 Å². The minimum atomic E-state index is 0.235. The first-order valence-corrected chi connectivity index (χ1v) is 7.86. The molecule has 1 aliphatic rings. The molecular formula is C18H23N3O. The highest BCUT2D eigenvalue weighted by Gasteiger charge is 2.15. The van der Waals surface area contributed by atoms with E-state index in [0.717, 1.165) is 30.9 Å². The van der Waals surface area contributed by atoms with Crippen LogP contribution in [0.1, 0.15) is 25.0 Å². The van der Waals surface area contributed by atoms with Gasteiger partial charge in [0.25, 0.3) is 0 Å². The van der Waals surface area contributed by atoms with Gasteiger partial charge in [0.1, 0.15) is 11.9 Å². The summed E-state index contributed by atoms with van der Waals surface area (Å²) in [5.41, 5.74) is 3.63. The lowest BCUT2D eigenvalue weighted by molar-refractivity contribution is 0.226. The van der Waals surface area contributed by atoms with Gasteiger partial charge in [0.05, 0.1) is 12.2 Å². The molecule has 1 aliphatic heterocycles. The molecule has 2 atom stereocenters. The number of aromatic nitrogens is 1. The van der Waals surface area contributed by atoms with E-state index in [1.54, 1.807) is 6.20 Å². The van der Waals surface area contributed by atoms with Crippen molar-refractivity contribution in [3.8, 4) is 5.75 Å². The molecular weight excluding hydrogens is 274 g/mol. The molecule has 1 aromatic heterocycles. The quantitative estimate of drug-likeness (QED) is 0.890. The van der Waals surface area contributed by atoms with E-state index in [9.17, 15) is 0 Å². The maximum atomic E-state index is 5.81. The molecule has 3 rings (SSSR count). The zero-order chi connectivity index (χ0) is 15.4. The second-order valence-corrected chi connectivity index (χ2v) is 5.99. The largest absolute Gasteiger partial charge is 0.487 e. The number of pyridine rings is 1. The molecule has 2 heterocycles. The molecule has 2 aromatic rings. The van der Waals surface area contributed by atoms with Gasteiger partial charge in [0, 0.05) is 25.0 Å². The van der Waals surface area contributed by atoms with E-state index in [-0.39, 0.29) is 6.10 Å². The van der Waals surface area contributed by atoms with Crippen LogP contribution in [0.2, 0.25) is 0 Å². The third-order valence-electron chi connectivity index (χ3n) is 3.87. The Morgan fingerprint density at radius 1 is 1.36 bits per heavy atom. The molecule has 0 fully saturated rings. The number of hydrogen-bond acceptors (Lipinski definition) is 4. The number of rotatable bonds is 5. The van der Waals surface area contributed by atoms with Gasteiger partial charge < -0.3 is 15.4 Å². The number of nitrogens with one attached hydrogen (secondary N) is 2. The van der Waals surface area contributed by atoms with Crippen LogP contribution in [0.15, 0.2) is 42.7 Å². The Balaban J connectivity index is 1.56. The van der Waals surface area contributed by atoms with Gasteiger partial charge >= 0.3 is 0 Å². The van der Waals surface area contributed by atoms with Crippen molar-refractivity contribution in [2.24, 2.45) is 0 Å². The van der Waals surface area contributed by atoms with E-state index < -0.39 is 0 Å². The van der Waals surface area contributed by atoms with Crippen molar-refractivity contribution in [2.75, 3.05) is 11.9 Å². The predicted molar refractivity (Wildman–Crippen MR) is 89.3 cm³/mol. The molecule has 1 aromatic carbocycles. The first kappa shape index (κ1) is 14.9. The fourth-order valence-electron chi connectivity index (χ4n) is 2.68. The van der Waals surface area contributed by atoms with E-state index in [0.29, 0.717) is 6.04 Å². The predicted octanol–water partition coefficient (Wildman–Crippen LogP) is 3.00. The number of ether oxygens (including phenoxy) is 1. The lowest BCUT2D eigenvalue weighted by Gasteiger charge is -2.25. The summed E-state index contributed by atoms with van der Waals surface area (Å²) in [6, 6.07) is 10.9. The van der Waals surface area contributed by atoms with Gasteiger partial charge in [-0.1, -0.05) is 12.1 Å². The highest BCUT2D eigenvalue weighted by atomic mass is 16.5. The van der Waals surface area contributed by atoms with Gasteiger partial charge in [0.2, 0.25) is 0 Å². The summed E-state index contributed by atoms with van der Waals surface area (Å²) < 4.78 is 5.81. The summed E-state index contributed by atoms with van der Waals surface area (Å²) in [5.74, 6) is 0.957. The Kier molecular flexibility index (Phi) is 4.59. The van der Waals surface area contributed by atoms with Gasteiger partial charge in [0.15, 0.2) is 0 Å². The highest BCUT2D eigenvalue weighted by Crippen LogP contribution is 2.30. The zero-order valence-electron chi connectivity index (χ0n) is 13.2. The van der Waals surface area contributed by atoms with E-state index in [2.05, 4.69) is 53.7 Å². The van der Waals surface area contributed by atoms with Gasteiger partial charge in [-0.25, -0.2) is 0 Å². The van der Waals surface area contributed by atoms with Gasteiger partial charge in [-0.2, -0.15) is 0 Å². The van der Waals surface area contributed by atoms with E-state index in [1.807, 2.05) is 12.3 Å². The Labute approximate surface area is 131 Å². The van der Waals surface area contributed by atoms with Crippen molar-refractivity contribution in [3.63, 3.8) is 0 Å². The van der Waals surface area contributed by atoms with Crippen LogP contribution in [-0.2, 0) is 13.0 Å². The van der Waals surface area contributed by atoms with Gasteiger partial charge in [-0.15, -0.1) is 0 Å². The minimum absolute atomic E-state index is 0.235. The Morgan fingerprint density at radius 2 is 2.27 bits per heavy atom. The molecule has 0 saturated carbocycles. The summed E-state index contributed by atoms with van der Waals surface area (Å²) in [6.45, 7) is 6.00. The van der Waals surface area contributed by atoms with Crippen molar-refractivity contribution in [3.05, 3.63) is 53.9 Å². The average Bonchev–Trinajstić information content (AvgIpc) is 2.54. The second kappa shape index (κ2) is 6.79. The molecule has 0 amide bonds. The van der Waals surface area contributed by atoms with E-state index in [1.165, 1.54) is 11.1 Å². The Hall–Kier alpha value is -2.07. The molecule has 4 nitrogen and oxygen atoms in total.